The van der Waals surface area contributed by atoms with E-state index in [4.69, 9.17) is 13.6 Å². The predicted molar refractivity (Wildman–Crippen MR) is 120 cm³/mol. The topological polar surface area (TPSA) is 96.9 Å². The quantitative estimate of drug-likeness (QED) is 0.542. The molecule has 9 nitrogen and oxygen atoms in total. The predicted octanol–water partition coefficient (Wildman–Crippen LogP) is 3.41. The van der Waals surface area contributed by atoms with E-state index < -0.39 is 0 Å². The Hall–Kier alpha value is -3.17. The summed E-state index contributed by atoms with van der Waals surface area (Å²) in [5.41, 5.74) is 1.91. The third-order valence-corrected chi connectivity index (χ3v) is 5.49. The van der Waals surface area contributed by atoms with Crippen molar-refractivity contribution in [2.45, 2.75) is 32.9 Å². The van der Waals surface area contributed by atoms with Crippen LogP contribution in [0.15, 0.2) is 51.5 Å². The van der Waals surface area contributed by atoms with Crippen LogP contribution < -0.4 is 10.2 Å². The van der Waals surface area contributed by atoms with Crippen molar-refractivity contribution >= 4 is 17.3 Å². The van der Waals surface area contributed by atoms with Gasteiger partial charge in [0.1, 0.15) is 0 Å². The molecule has 1 atom stereocenters. The summed E-state index contributed by atoms with van der Waals surface area (Å²) in [5, 5.41) is 11.2. The maximum absolute atomic E-state index is 12.9. The Morgan fingerprint density at radius 3 is 2.66 bits per heavy atom. The van der Waals surface area contributed by atoms with E-state index in [0.717, 1.165) is 50.6 Å². The third kappa shape index (κ3) is 5.35. The van der Waals surface area contributed by atoms with Gasteiger partial charge in [0.25, 0.3) is 5.89 Å². The Labute approximate surface area is 187 Å². The number of benzene rings is 1. The summed E-state index contributed by atoms with van der Waals surface area (Å²) in [6.07, 6.45) is 2.45. The van der Waals surface area contributed by atoms with Crippen LogP contribution in [0.1, 0.15) is 26.2 Å². The van der Waals surface area contributed by atoms with Gasteiger partial charge in [-0.1, -0.05) is 6.92 Å². The van der Waals surface area contributed by atoms with E-state index in [1.807, 2.05) is 36.1 Å². The van der Waals surface area contributed by atoms with Crippen molar-refractivity contribution in [1.82, 2.24) is 15.1 Å². The average molecular weight is 440 g/mol. The normalized spacial score (nSPS) is 15.2. The Bertz CT molecular complexity index is 980. The highest BCUT2D eigenvalue weighted by atomic mass is 16.5. The van der Waals surface area contributed by atoms with Crippen molar-refractivity contribution in [1.29, 1.82) is 0 Å². The van der Waals surface area contributed by atoms with Gasteiger partial charge < -0.3 is 23.8 Å². The standard InChI is InChI=1S/C23H29N5O4/c1-3-10-28(16-21-25-26-23(32-21)20-5-4-13-31-20)17(2)22(29)24-18-6-8-19(9-7-18)27-11-14-30-15-12-27/h4-9,13,17H,3,10-12,14-16H2,1-2H3,(H,24,29). The lowest BCUT2D eigenvalue weighted by molar-refractivity contribution is -0.121. The van der Waals surface area contributed by atoms with Gasteiger partial charge in [-0.3, -0.25) is 9.69 Å². The molecule has 1 fully saturated rings. The highest BCUT2D eigenvalue weighted by Crippen LogP contribution is 2.21. The van der Waals surface area contributed by atoms with Gasteiger partial charge in [-0.05, 0) is 56.3 Å². The van der Waals surface area contributed by atoms with Gasteiger partial charge >= 0.3 is 0 Å². The maximum Gasteiger partial charge on any atom is 0.283 e. The lowest BCUT2D eigenvalue weighted by Gasteiger charge is -2.29. The molecular weight excluding hydrogens is 410 g/mol. The molecule has 1 amide bonds. The zero-order chi connectivity index (χ0) is 22.3. The summed E-state index contributed by atoms with van der Waals surface area (Å²) in [7, 11) is 0. The highest BCUT2D eigenvalue weighted by Gasteiger charge is 2.23. The van der Waals surface area contributed by atoms with Crippen molar-refractivity contribution in [2.75, 3.05) is 43.1 Å². The van der Waals surface area contributed by atoms with Gasteiger partial charge in [0.2, 0.25) is 11.8 Å². The summed E-state index contributed by atoms with van der Waals surface area (Å²) >= 11 is 0. The third-order valence-electron chi connectivity index (χ3n) is 5.49. The summed E-state index contributed by atoms with van der Waals surface area (Å²) in [6.45, 7) is 8.31. The van der Waals surface area contributed by atoms with Gasteiger partial charge in [0, 0.05) is 24.5 Å². The Balaban J connectivity index is 1.37. The Morgan fingerprint density at radius 2 is 1.97 bits per heavy atom. The van der Waals surface area contributed by atoms with E-state index in [1.165, 1.54) is 0 Å². The lowest BCUT2D eigenvalue weighted by atomic mass is 10.2. The fourth-order valence-electron chi connectivity index (χ4n) is 3.68. The second kappa shape index (κ2) is 10.4. The lowest BCUT2D eigenvalue weighted by Crippen LogP contribution is -2.42. The Morgan fingerprint density at radius 1 is 1.19 bits per heavy atom. The number of nitrogens with zero attached hydrogens (tertiary/aromatic N) is 4. The minimum Gasteiger partial charge on any atom is -0.459 e. The van der Waals surface area contributed by atoms with Crippen LogP contribution in [-0.4, -0.2) is 59.9 Å². The molecule has 1 aliphatic rings. The molecule has 0 radical (unpaired) electrons. The van der Waals surface area contributed by atoms with Gasteiger partial charge in [0.05, 0.1) is 32.1 Å². The molecule has 1 aliphatic heterocycles. The number of hydrogen-bond acceptors (Lipinski definition) is 8. The van der Waals surface area contributed by atoms with Crippen LogP contribution in [-0.2, 0) is 16.1 Å². The molecule has 1 unspecified atom stereocenters. The number of nitrogens with one attached hydrogen (secondary N) is 1. The first-order chi connectivity index (χ1) is 15.6. The number of hydrogen-bond donors (Lipinski definition) is 1. The van der Waals surface area contributed by atoms with E-state index in [1.54, 1.807) is 18.4 Å². The molecule has 170 valence electrons. The molecule has 0 aliphatic carbocycles. The summed E-state index contributed by atoms with van der Waals surface area (Å²) in [6, 6.07) is 11.1. The molecule has 4 rings (SSSR count). The van der Waals surface area contributed by atoms with E-state index in [-0.39, 0.29) is 11.9 Å². The summed E-state index contributed by atoms with van der Waals surface area (Å²) in [4.78, 5) is 17.2. The number of aromatic nitrogens is 2. The largest absolute Gasteiger partial charge is 0.459 e. The molecule has 0 spiro atoms. The number of carbonyl (C=O) groups is 1. The van der Waals surface area contributed by atoms with Gasteiger partial charge in [0.15, 0.2) is 5.76 Å². The number of ether oxygens (including phenoxy) is 1. The fourth-order valence-corrected chi connectivity index (χ4v) is 3.68. The maximum atomic E-state index is 12.9. The minimum absolute atomic E-state index is 0.0802. The molecule has 1 saturated heterocycles. The van der Waals surface area contributed by atoms with Crippen LogP contribution in [0, 0.1) is 0 Å². The monoisotopic (exact) mass is 439 g/mol. The van der Waals surface area contributed by atoms with Crippen LogP contribution in [0.2, 0.25) is 0 Å². The van der Waals surface area contributed by atoms with Crippen molar-refractivity contribution in [3.63, 3.8) is 0 Å². The van der Waals surface area contributed by atoms with Gasteiger partial charge in [-0.15, -0.1) is 10.2 Å². The van der Waals surface area contributed by atoms with E-state index in [2.05, 4.69) is 27.3 Å². The fraction of sp³-hybridized carbons (Fsp3) is 0.435. The smallest absolute Gasteiger partial charge is 0.283 e. The van der Waals surface area contributed by atoms with Crippen LogP contribution in [0.4, 0.5) is 11.4 Å². The molecule has 3 heterocycles. The van der Waals surface area contributed by atoms with Crippen molar-refractivity contribution in [2.24, 2.45) is 0 Å². The molecule has 9 heteroatoms. The van der Waals surface area contributed by atoms with E-state index >= 15 is 0 Å². The highest BCUT2D eigenvalue weighted by molar-refractivity contribution is 5.94. The SMILES string of the molecule is CCCN(Cc1nnc(-c2ccco2)o1)C(C)C(=O)Nc1ccc(N2CCOCC2)cc1. The van der Waals surface area contributed by atoms with Crippen molar-refractivity contribution in [3.8, 4) is 11.7 Å². The number of amides is 1. The number of anilines is 2. The molecule has 3 aromatic rings. The number of rotatable bonds is 9. The molecule has 1 N–H and O–H groups in total. The number of furan rings is 1. The molecule has 2 aromatic heterocycles. The van der Waals surface area contributed by atoms with Crippen molar-refractivity contribution in [3.05, 3.63) is 48.6 Å². The number of morpholine rings is 1. The summed E-state index contributed by atoms with van der Waals surface area (Å²) in [5.74, 6) is 1.22. The average Bonchev–Trinajstić information content (AvgIpc) is 3.51. The molecule has 1 aromatic carbocycles. The minimum atomic E-state index is -0.368. The first-order valence-electron chi connectivity index (χ1n) is 11.0. The molecule has 0 bridgehead atoms. The summed E-state index contributed by atoms with van der Waals surface area (Å²) < 4.78 is 16.4. The van der Waals surface area contributed by atoms with Gasteiger partial charge in [-0.25, -0.2) is 0 Å². The second-order valence-electron chi connectivity index (χ2n) is 7.76. The van der Waals surface area contributed by atoms with Crippen LogP contribution in [0.5, 0.6) is 0 Å². The molecular formula is C23H29N5O4. The zero-order valence-corrected chi connectivity index (χ0v) is 18.5. The Kier molecular flexibility index (Phi) is 7.18. The zero-order valence-electron chi connectivity index (χ0n) is 18.5. The van der Waals surface area contributed by atoms with E-state index in [9.17, 15) is 4.79 Å². The van der Waals surface area contributed by atoms with Crippen LogP contribution in [0.3, 0.4) is 0 Å². The first-order valence-corrected chi connectivity index (χ1v) is 11.0. The van der Waals surface area contributed by atoms with Gasteiger partial charge in [-0.2, -0.15) is 0 Å². The first kappa shape index (κ1) is 22.0. The van der Waals surface area contributed by atoms with Crippen LogP contribution in [0.25, 0.3) is 11.7 Å². The van der Waals surface area contributed by atoms with Crippen LogP contribution >= 0.6 is 0 Å². The number of carbonyl (C=O) groups excluding carboxylic acids is 1. The second-order valence-corrected chi connectivity index (χ2v) is 7.76. The molecule has 0 saturated carbocycles. The van der Waals surface area contributed by atoms with Crippen molar-refractivity contribution < 1.29 is 18.4 Å². The molecule has 32 heavy (non-hydrogen) atoms. The van der Waals surface area contributed by atoms with E-state index in [0.29, 0.717) is 24.1 Å².